The molecular formula is C24H31N5O3. The van der Waals surface area contributed by atoms with Crippen molar-refractivity contribution in [1.29, 1.82) is 0 Å². The number of piperidine rings is 1. The third-order valence-corrected chi connectivity index (χ3v) is 5.69. The number of hydrogen-bond donors (Lipinski definition) is 1. The smallest absolute Gasteiger partial charge is 0.263 e. The highest BCUT2D eigenvalue weighted by molar-refractivity contribution is 5.89. The van der Waals surface area contributed by atoms with Crippen molar-refractivity contribution in [3.05, 3.63) is 41.3 Å². The summed E-state index contributed by atoms with van der Waals surface area (Å²) < 4.78 is 11.1. The van der Waals surface area contributed by atoms with E-state index in [0.29, 0.717) is 24.6 Å². The van der Waals surface area contributed by atoms with Crippen molar-refractivity contribution in [3.8, 4) is 5.75 Å². The Morgan fingerprint density at radius 1 is 1.28 bits per heavy atom. The maximum atomic E-state index is 12.9. The first-order valence-electron chi connectivity index (χ1n) is 11.4. The summed E-state index contributed by atoms with van der Waals surface area (Å²) >= 11 is 0. The van der Waals surface area contributed by atoms with Crippen molar-refractivity contribution >= 4 is 22.8 Å². The van der Waals surface area contributed by atoms with E-state index in [0.717, 1.165) is 54.0 Å². The van der Waals surface area contributed by atoms with Gasteiger partial charge in [-0.05, 0) is 57.7 Å². The molecule has 1 aromatic carbocycles. The lowest BCUT2D eigenvalue weighted by atomic mass is 9.96. The minimum absolute atomic E-state index is 0.0697. The molecule has 3 aromatic rings. The standard InChI is InChI=1S/C24H31N5O3/c1-5-20-21-22(26-16(4)27-24(21)32-28-20)29-12-6-7-18(14-29)23(30)25-13-17-8-10-19(11-9-17)31-15(2)3/h8-11,15,18H,5-7,12-14H2,1-4H3,(H,25,30)/t18-/m0/s1. The van der Waals surface area contributed by atoms with E-state index in [-0.39, 0.29) is 17.9 Å². The Morgan fingerprint density at radius 3 is 2.78 bits per heavy atom. The van der Waals surface area contributed by atoms with Crippen LogP contribution in [0.3, 0.4) is 0 Å². The molecule has 8 nitrogen and oxygen atoms in total. The van der Waals surface area contributed by atoms with Gasteiger partial charge in [0.15, 0.2) is 0 Å². The topological polar surface area (TPSA) is 93.4 Å². The van der Waals surface area contributed by atoms with Crippen LogP contribution in [-0.4, -0.2) is 40.2 Å². The highest BCUT2D eigenvalue weighted by Crippen LogP contribution is 2.31. The number of amides is 1. The first kappa shape index (κ1) is 22.0. The molecular weight excluding hydrogens is 406 g/mol. The molecule has 0 saturated carbocycles. The monoisotopic (exact) mass is 437 g/mol. The Kier molecular flexibility index (Phi) is 6.58. The van der Waals surface area contributed by atoms with Crippen molar-refractivity contribution in [2.24, 2.45) is 5.92 Å². The number of nitrogens with one attached hydrogen (secondary N) is 1. The van der Waals surface area contributed by atoms with E-state index in [2.05, 4.69) is 20.4 Å². The number of fused-ring (bicyclic) bond motifs is 1. The summed E-state index contributed by atoms with van der Waals surface area (Å²) in [7, 11) is 0. The van der Waals surface area contributed by atoms with E-state index in [9.17, 15) is 4.79 Å². The SMILES string of the molecule is CCc1noc2nc(C)nc(N3CCC[C@H](C(=O)NCc4ccc(OC(C)C)cc4)C3)c12. The van der Waals surface area contributed by atoms with Crippen LogP contribution in [0.1, 0.15) is 50.7 Å². The molecule has 1 aliphatic heterocycles. The molecule has 1 amide bonds. The van der Waals surface area contributed by atoms with Gasteiger partial charge in [-0.2, -0.15) is 4.98 Å². The molecule has 1 atom stereocenters. The zero-order valence-electron chi connectivity index (χ0n) is 19.2. The summed E-state index contributed by atoms with van der Waals surface area (Å²) in [6, 6.07) is 7.86. The molecule has 0 radical (unpaired) electrons. The van der Waals surface area contributed by atoms with Crippen LogP contribution in [0.25, 0.3) is 11.1 Å². The first-order chi connectivity index (χ1) is 15.4. The number of anilines is 1. The van der Waals surface area contributed by atoms with Crippen LogP contribution in [-0.2, 0) is 17.8 Å². The largest absolute Gasteiger partial charge is 0.491 e. The summed E-state index contributed by atoms with van der Waals surface area (Å²) in [5, 5.41) is 8.12. The lowest BCUT2D eigenvalue weighted by Crippen LogP contribution is -2.43. The summed E-state index contributed by atoms with van der Waals surface area (Å²) in [6.45, 7) is 9.86. The van der Waals surface area contributed by atoms with Crippen LogP contribution < -0.4 is 15.0 Å². The van der Waals surface area contributed by atoms with Crippen LogP contribution in [0.2, 0.25) is 0 Å². The minimum Gasteiger partial charge on any atom is -0.491 e. The zero-order chi connectivity index (χ0) is 22.7. The fraction of sp³-hybridized carbons (Fsp3) is 0.500. The molecule has 4 rings (SSSR count). The second-order valence-electron chi connectivity index (χ2n) is 8.57. The van der Waals surface area contributed by atoms with Gasteiger partial charge in [-0.25, -0.2) is 4.98 Å². The fourth-order valence-corrected chi connectivity index (χ4v) is 4.14. The molecule has 0 bridgehead atoms. The molecule has 32 heavy (non-hydrogen) atoms. The molecule has 0 unspecified atom stereocenters. The first-order valence-corrected chi connectivity index (χ1v) is 11.4. The van der Waals surface area contributed by atoms with E-state index in [1.165, 1.54) is 0 Å². The van der Waals surface area contributed by atoms with Crippen LogP contribution in [0.5, 0.6) is 5.75 Å². The van der Waals surface area contributed by atoms with Gasteiger partial charge in [-0.3, -0.25) is 4.79 Å². The van der Waals surface area contributed by atoms with Crippen molar-refractivity contribution in [2.75, 3.05) is 18.0 Å². The number of aromatic nitrogens is 3. The van der Waals surface area contributed by atoms with Crippen LogP contribution in [0.15, 0.2) is 28.8 Å². The Labute approximate surface area is 188 Å². The molecule has 3 heterocycles. The molecule has 1 saturated heterocycles. The number of ether oxygens (including phenoxy) is 1. The highest BCUT2D eigenvalue weighted by atomic mass is 16.5. The lowest BCUT2D eigenvalue weighted by Gasteiger charge is -2.33. The summed E-state index contributed by atoms with van der Waals surface area (Å²) in [5.74, 6) is 2.28. The number of rotatable bonds is 7. The van der Waals surface area contributed by atoms with Gasteiger partial charge in [-0.1, -0.05) is 24.2 Å². The predicted molar refractivity (Wildman–Crippen MR) is 123 cm³/mol. The lowest BCUT2D eigenvalue weighted by molar-refractivity contribution is -0.125. The maximum absolute atomic E-state index is 12.9. The number of carbonyl (C=O) groups is 1. The van der Waals surface area contributed by atoms with E-state index in [1.807, 2.05) is 52.0 Å². The van der Waals surface area contributed by atoms with Gasteiger partial charge < -0.3 is 19.5 Å². The van der Waals surface area contributed by atoms with Crippen LogP contribution >= 0.6 is 0 Å². The molecule has 1 aliphatic rings. The third-order valence-electron chi connectivity index (χ3n) is 5.69. The number of hydrogen-bond acceptors (Lipinski definition) is 7. The van der Waals surface area contributed by atoms with Crippen molar-refractivity contribution in [3.63, 3.8) is 0 Å². The molecule has 170 valence electrons. The molecule has 1 N–H and O–H groups in total. The zero-order valence-corrected chi connectivity index (χ0v) is 19.2. The summed E-state index contributed by atoms with van der Waals surface area (Å²) in [6.07, 6.45) is 2.67. The van der Waals surface area contributed by atoms with Gasteiger partial charge in [0.2, 0.25) is 5.91 Å². The minimum atomic E-state index is -0.0949. The highest BCUT2D eigenvalue weighted by Gasteiger charge is 2.29. The summed E-state index contributed by atoms with van der Waals surface area (Å²) in [5.41, 5.74) is 2.42. The second kappa shape index (κ2) is 9.54. The van der Waals surface area contributed by atoms with Crippen LogP contribution in [0, 0.1) is 12.8 Å². The Morgan fingerprint density at radius 2 is 2.06 bits per heavy atom. The molecule has 8 heteroatoms. The predicted octanol–water partition coefficient (Wildman–Crippen LogP) is 3.81. The van der Waals surface area contributed by atoms with Crippen LogP contribution in [0.4, 0.5) is 5.82 Å². The van der Waals surface area contributed by atoms with Gasteiger partial charge in [0.25, 0.3) is 5.71 Å². The molecule has 0 spiro atoms. The van der Waals surface area contributed by atoms with Gasteiger partial charge in [0, 0.05) is 19.6 Å². The average molecular weight is 438 g/mol. The second-order valence-corrected chi connectivity index (χ2v) is 8.57. The summed E-state index contributed by atoms with van der Waals surface area (Å²) in [4.78, 5) is 24.2. The van der Waals surface area contributed by atoms with Gasteiger partial charge in [-0.15, -0.1) is 0 Å². The quantitative estimate of drug-likeness (QED) is 0.601. The Bertz CT molecular complexity index is 1080. The van der Waals surface area contributed by atoms with E-state index in [1.54, 1.807) is 0 Å². The van der Waals surface area contributed by atoms with Crippen molar-refractivity contribution in [1.82, 2.24) is 20.4 Å². The van der Waals surface area contributed by atoms with Gasteiger partial charge in [0.1, 0.15) is 22.8 Å². The number of carbonyl (C=O) groups excluding carboxylic acids is 1. The van der Waals surface area contributed by atoms with E-state index in [4.69, 9.17) is 14.2 Å². The van der Waals surface area contributed by atoms with E-state index < -0.39 is 0 Å². The van der Waals surface area contributed by atoms with Crippen molar-refractivity contribution in [2.45, 2.75) is 59.6 Å². The third kappa shape index (κ3) is 4.84. The van der Waals surface area contributed by atoms with Gasteiger partial charge in [0.05, 0.1) is 17.7 Å². The Balaban J connectivity index is 1.42. The maximum Gasteiger partial charge on any atom is 0.263 e. The normalized spacial score (nSPS) is 16.5. The molecule has 0 aliphatic carbocycles. The van der Waals surface area contributed by atoms with E-state index >= 15 is 0 Å². The number of nitrogens with zero attached hydrogens (tertiary/aromatic N) is 4. The molecule has 2 aromatic heterocycles. The number of benzene rings is 1. The van der Waals surface area contributed by atoms with Gasteiger partial charge >= 0.3 is 0 Å². The average Bonchev–Trinajstić information content (AvgIpc) is 3.20. The molecule has 1 fully saturated rings. The number of aryl methyl sites for hydroxylation is 2. The fourth-order valence-electron chi connectivity index (χ4n) is 4.14. The van der Waals surface area contributed by atoms with Crippen molar-refractivity contribution < 1.29 is 14.1 Å². The Hall–Kier alpha value is -3.16.